The van der Waals surface area contributed by atoms with E-state index in [9.17, 15) is 0 Å². The first-order valence-electron chi connectivity index (χ1n) is 7.00. The molecule has 3 heteroatoms. The fourth-order valence-electron chi connectivity index (χ4n) is 2.99. The van der Waals surface area contributed by atoms with E-state index in [1.54, 1.807) is 0 Å². The second-order valence-electron chi connectivity index (χ2n) is 5.23. The van der Waals surface area contributed by atoms with Crippen LogP contribution in [-0.4, -0.2) is 22.1 Å². The van der Waals surface area contributed by atoms with Crippen LogP contribution in [0.5, 0.6) is 0 Å². The quantitative estimate of drug-likeness (QED) is 0.895. The van der Waals surface area contributed by atoms with Crippen molar-refractivity contribution in [2.75, 3.05) is 6.54 Å². The van der Waals surface area contributed by atoms with Gasteiger partial charge in [0.05, 0.1) is 11.0 Å². The third-order valence-electron chi connectivity index (χ3n) is 3.97. The molecule has 0 saturated heterocycles. The molecule has 0 spiro atoms. The zero-order chi connectivity index (χ0) is 12.4. The van der Waals surface area contributed by atoms with E-state index in [2.05, 4.69) is 46.1 Å². The number of rotatable bonds is 4. The van der Waals surface area contributed by atoms with Gasteiger partial charge in [-0.2, -0.15) is 0 Å². The third-order valence-corrected chi connectivity index (χ3v) is 3.97. The smallest absolute Gasteiger partial charge is 0.106 e. The molecule has 3 rings (SSSR count). The summed E-state index contributed by atoms with van der Waals surface area (Å²) in [7, 11) is 0. The van der Waals surface area contributed by atoms with Gasteiger partial charge in [0.2, 0.25) is 0 Å². The van der Waals surface area contributed by atoms with Gasteiger partial charge >= 0.3 is 0 Å². The number of nitrogens with one attached hydrogen (secondary N) is 1. The number of aromatic nitrogens is 2. The lowest BCUT2D eigenvalue weighted by atomic mass is 10.2. The van der Waals surface area contributed by atoms with Crippen LogP contribution in [0.4, 0.5) is 0 Å². The maximum Gasteiger partial charge on any atom is 0.106 e. The van der Waals surface area contributed by atoms with Crippen molar-refractivity contribution in [1.82, 2.24) is 14.9 Å². The lowest BCUT2D eigenvalue weighted by molar-refractivity contribution is 0.497. The van der Waals surface area contributed by atoms with Crippen LogP contribution < -0.4 is 5.32 Å². The van der Waals surface area contributed by atoms with Gasteiger partial charge in [-0.05, 0) is 31.9 Å². The summed E-state index contributed by atoms with van der Waals surface area (Å²) in [5.41, 5.74) is 2.36. The van der Waals surface area contributed by atoms with Crippen molar-refractivity contribution in [2.24, 2.45) is 0 Å². The molecule has 0 amide bonds. The van der Waals surface area contributed by atoms with Crippen molar-refractivity contribution < 1.29 is 0 Å². The van der Waals surface area contributed by atoms with E-state index < -0.39 is 0 Å². The number of hydrogen-bond donors (Lipinski definition) is 1. The van der Waals surface area contributed by atoms with Crippen LogP contribution in [0.2, 0.25) is 0 Å². The molecular weight excluding hydrogens is 222 g/mol. The summed E-state index contributed by atoms with van der Waals surface area (Å²) in [6.07, 6.45) is 5.49. The molecule has 1 aromatic heterocycles. The van der Waals surface area contributed by atoms with E-state index in [1.165, 1.54) is 31.2 Å². The van der Waals surface area contributed by atoms with Gasteiger partial charge in [-0.15, -0.1) is 0 Å². The Kier molecular flexibility index (Phi) is 3.33. The van der Waals surface area contributed by atoms with Crippen LogP contribution in [0.3, 0.4) is 0 Å². The average Bonchev–Trinajstić information content (AvgIpc) is 2.98. The predicted octanol–water partition coefficient (Wildman–Crippen LogP) is 2.88. The lowest BCUT2D eigenvalue weighted by Gasteiger charge is -2.13. The molecule has 96 valence electrons. The van der Waals surface area contributed by atoms with E-state index >= 15 is 0 Å². The summed E-state index contributed by atoms with van der Waals surface area (Å²) in [6.45, 7) is 4.16. The van der Waals surface area contributed by atoms with Crippen LogP contribution in [0.25, 0.3) is 11.0 Å². The highest BCUT2D eigenvalue weighted by atomic mass is 15.1. The number of nitrogens with zero attached hydrogens (tertiary/aromatic N) is 2. The van der Waals surface area contributed by atoms with E-state index in [4.69, 9.17) is 0 Å². The fraction of sp³-hybridized carbons (Fsp3) is 0.533. The molecule has 1 aliphatic carbocycles. The van der Waals surface area contributed by atoms with Crippen molar-refractivity contribution in [2.45, 2.75) is 45.2 Å². The molecule has 0 radical (unpaired) electrons. The maximum atomic E-state index is 4.60. The Bertz CT molecular complexity index is 524. The van der Waals surface area contributed by atoms with Crippen molar-refractivity contribution in [3.63, 3.8) is 0 Å². The SMILES string of the molecule is Cc1nc2ccccc2n1CCNC1CCCC1. The number of hydrogen-bond acceptors (Lipinski definition) is 2. The molecule has 0 bridgehead atoms. The van der Waals surface area contributed by atoms with Crippen molar-refractivity contribution >= 4 is 11.0 Å². The molecule has 18 heavy (non-hydrogen) atoms. The van der Waals surface area contributed by atoms with Gasteiger partial charge in [-0.3, -0.25) is 0 Å². The first-order valence-corrected chi connectivity index (χ1v) is 7.00. The molecule has 0 atom stereocenters. The summed E-state index contributed by atoms with van der Waals surface area (Å²) in [4.78, 5) is 4.60. The molecule has 1 N–H and O–H groups in total. The minimum atomic E-state index is 0.750. The number of benzene rings is 1. The van der Waals surface area contributed by atoms with Gasteiger partial charge in [0.15, 0.2) is 0 Å². The molecule has 2 aromatic rings. The standard InChI is InChI=1S/C15H21N3/c1-12-17-14-8-4-5-9-15(14)18(12)11-10-16-13-6-2-3-7-13/h4-5,8-9,13,16H,2-3,6-7,10-11H2,1H3. The van der Waals surface area contributed by atoms with Crippen molar-refractivity contribution in [1.29, 1.82) is 0 Å². The number of aryl methyl sites for hydroxylation is 1. The summed E-state index contributed by atoms with van der Waals surface area (Å²) < 4.78 is 2.32. The Morgan fingerprint density at radius 3 is 2.89 bits per heavy atom. The molecule has 3 nitrogen and oxygen atoms in total. The highest BCUT2D eigenvalue weighted by Gasteiger charge is 2.14. The van der Waals surface area contributed by atoms with Crippen LogP contribution in [0.1, 0.15) is 31.5 Å². The first kappa shape index (κ1) is 11.7. The Balaban J connectivity index is 1.68. The topological polar surface area (TPSA) is 29.9 Å². The third kappa shape index (κ3) is 2.27. The van der Waals surface area contributed by atoms with Gasteiger partial charge in [0.25, 0.3) is 0 Å². The van der Waals surface area contributed by atoms with E-state index in [-0.39, 0.29) is 0 Å². The lowest BCUT2D eigenvalue weighted by Crippen LogP contribution is -2.29. The molecule has 1 fully saturated rings. The Morgan fingerprint density at radius 1 is 1.28 bits per heavy atom. The number of para-hydroxylation sites is 2. The van der Waals surface area contributed by atoms with Crippen molar-refractivity contribution in [3.05, 3.63) is 30.1 Å². The molecule has 0 aliphatic heterocycles. The van der Waals surface area contributed by atoms with Gasteiger partial charge in [-0.1, -0.05) is 25.0 Å². The van der Waals surface area contributed by atoms with E-state index in [0.29, 0.717) is 0 Å². The molecule has 1 saturated carbocycles. The Labute approximate surface area is 108 Å². The summed E-state index contributed by atoms with van der Waals surface area (Å²) in [5.74, 6) is 1.12. The summed E-state index contributed by atoms with van der Waals surface area (Å²) >= 11 is 0. The van der Waals surface area contributed by atoms with E-state index in [0.717, 1.165) is 30.5 Å². The Morgan fingerprint density at radius 2 is 2.06 bits per heavy atom. The maximum absolute atomic E-state index is 4.60. The van der Waals surface area contributed by atoms with Gasteiger partial charge < -0.3 is 9.88 Å². The fourth-order valence-corrected chi connectivity index (χ4v) is 2.99. The molecule has 1 heterocycles. The average molecular weight is 243 g/mol. The minimum Gasteiger partial charge on any atom is -0.327 e. The zero-order valence-electron chi connectivity index (χ0n) is 11.0. The highest BCUT2D eigenvalue weighted by Crippen LogP contribution is 2.18. The minimum absolute atomic E-state index is 0.750. The van der Waals surface area contributed by atoms with Gasteiger partial charge in [-0.25, -0.2) is 4.98 Å². The normalized spacial score (nSPS) is 16.7. The summed E-state index contributed by atoms with van der Waals surface area (Å²) in [5, 5.41) is 3.66. The highest BCUT2D eigenvalue weighted by molar-refractivity contribution is 5.75. The van der Waals surface area contributed by atoms with Crippen LogP contribution in [-0.2, 0) is 6.54 Å². The van der Waals surface area contributed by atoms with Crippen LogP contribution >= 0.6 is 0 Å². The monoisotopic (exact) mass is 243 g/mol. The number of imidazole rings is 1. The molecular formula is C15H21N3. The van der Waals surface area contributed by atoms with Gasteiger partial charge in [0.1, 0.15) is 5.82 Å². The molecule has 1 aromatic carbocycles. The second-order valence-corrected chi connectivity index (χ2v) is 5.23. The largest absolute Gasteiger partial charge is 0.327 e. The van der Waals surface area contributed by atoms with Gasteiger partial charge in [0, 0.05) is 19.1 Å². The Hall–Kier alpha value is -1.35. The van der Waals surface area contributed by atoms with Crippen LogP contribution in [0.15, 0.2) is 24.3 Å². The summed E-state index contributed by atoms with van der Waals surface area (Å²) in [6, 6.07) is 9.13. The molecule has 1 aliphatic rings. The predicted molar refractivity (Wildman–Crippen MR) is 74.7 cm³/mol. The van der Waals surface area contributed by atoms with Crippen LogP contribution in [0, 0.1) is 6.92 Å². The number of fused-ring (bicyclic) bond motifs is 1. The molecule has 0 unspecified atom stereocenters. The van der Waals surface area contributed by atoms with E-state index in [1.807, 2.05) is 0 Å². The first-order chi connectivity index (χ1) is 8.84. The van der Waals surface area contributed by atoms with Crippen molar-refractivity contribution in [3.8, 4) is 0 Å². The second kappa shape index (κ2) is 5.11. The zero-order valence-corrected chi connectivity index (χ0v) is 11.0.